The summed E-state index contributed by atoms with van der Waals surface area (Å²) in [5.41, 5.74) is 6.32. The van der Waals surface area contributed by atoms with E-state index >= 15 is 0 Å². The normalized spacial score (nSPS) is 11.0. The summed E-state index contributed by atoms with van der Waals surface area (Å²) in [6.45, 7) is 8.12. The third-order valence-corrected chi connectivity index (χ3v) is 5.15. The van der Waals surface area contributed by atoms with Gasteiger partial charge in [-0.05, 0) is 50.5 Å². The van der Waals surface area contributed by atoms with Crippen LogP contribution in [0.2, 0.25) is 0 Å². The maximum atomic E-state index is 12.3. The number of nitrogens with one attached hydrogen (secondary N) is 1. The quantitative estimate of drug-likeness (QED) is 0.506. The Morgan fingerprint density at radius 1 is 1.00 bits per heavy atom. The average Bonchev–Trinajstić information content (AvgIpc) is 3.17. The first kappa shape index (κ1) is 20.5. The van der Waals surface area contributed by atoms with Gasteiger partial charge in [0.2, 0.25) is 5.88 Å². The van der Waals surface area contributed by atoms with E-state index in [1.54, 1.807) is 6.92 Å². The predicted molar refractivity (Wildman–Crippen MR) is 118 cm³/mol. The first-order chi connectivity index (χ1) is 14.9. The molecule has 2 aromatic heterocycles. The first-order valence-electron chi connectivity index (χ1n) is 10.1. The van der Waals surface area contributed by atoms with Gasteiger partial charge < -0.3 is 14.6 Å². The van der Waals surface area contributed by atoms with Gasteiger partial charge in [-0.2, -0.15) is 9.97 Å². The highest BCUT2D eigenvalue weighted by molar-refractivity contribution is 5.93. The van der Waals surface area contributed by atoms with E-state index in [-0.39, 0.29) is 18.4 Å². The zero-order chi connectivity index (χ0) is 22.0. The summed E-state index contributed by atoms with van der Waals surface area (Å²) in [5, 5.41) is 7.60. The Kier molecular flexibility index (Phi) is 5.66. The Hall–Kier alpha value is -3.74. The van der Waals surface area contributed by atoms with Crippen molar-refractivity contribution in [3.63, 3.8) is 0 Å². The number of ether oxygens (including phenoxy) is 1. The molecular formula is C24H24N4O3. The predicted octanol–water partition coefficient (Wildman–Crippen LogP) is 4.21. The Morgan fingerprint density at radius 3 is 2.52 bits per heavy atom. The van der Waals surface area contributed by atoms with Gasteiger partial charge in [0.15, 0.2) is 6.61 Å². The van der Waals surface area contributed by atoms with Crippen LogP contribution in [0.4, 0.5) is 0 Å². The largest absolute Gasteiger partial charge is 0.467 e. The summed E-state index contributed by atoms with van der Waals surface area (Å²) in [4.78, 5) is 21.0. The lowest BCUT2D eigenvalue weighted by Crippen LogP contribution is -2.28. The molecule has 1 amide bonds. The van der Waals surface area contributed by atoms with E-state index in [0.29, 0.717) is 29.2 Å². The fraction of sp³-hybridized carbons (Fsp3) is 0.250. The molecule has 4 aromatic rings. The maximum absolute atomic E-state index is 12.3. The second-order valence-corrected chi connectivity index (χ2v) is 7.64. The highest BCUT2D eigenvalue weighted by Crippen LogP contribution is 2.33. The molecule has 158 valence electrons. The van der Waals surface area contributed by atoms with Crippen LogP contribution in [0.15, 0.2) is 47.0 Å². The smallest absolute Gasteiger partial charge is 0.265 e. The van der Waals surface area contributed by atoms with Crippen LogP contribution >= 0.6 is 0 Å². The molecule has 0 unspecified atom stereocenters. The molecule has 0 aliphatic carbocycles. The maximum Gasteiger partial charge on any atom is 0.265 e. The summed E-state index contributed by atoms with van der Waals surface area (Å²) >= 11 is 0. The van der Waals surface area contributed by atoms with E-state index in [2.05, 4.69) is 27.4 Å². The van der Waals surface area contributed by atoms with Gasteiger partial charge in [-0.3, -0.25) is 4.79 Å². The Balaban J connectivity index is 1.54. The van der Waals surface area contributed by atoms with Gasteiger partial charge in [0.25, 0.3) is 11.6 Å². The molecule has 0 aliphatic heterocycles. The van der Waals surface area contributed by atoms with Gasteiger partial charge in [-0.25, -0.2) is 0 Å². The van der Waals surface area contributed by atoms with E-state index in [1.807, 2.05) is 56.3 Å². The molecule has 1 N–H and O–H groups in total. The van der Waals surface area contributed by atoms with Crippen molar-refractivity contribution in [2.24, 2.45) is 0 Å². The molecule has 0 fully saturated rings. The number of rotatable bonds is 6. The second-order valence-electron chi connectivity index (χ2n) is 7.64. The molecular weight excluding hydrogens is 392 g/mol. The molecule has 0 bridgehead atoms. The highest BCUT2D eigenvalue weighted by Gasteiger charge is 2.20. The van der Waals surface area contributed by atoms with Gasteiger partial charge in [0, 0.05) is 12.1 Å². The molecule has 7 nitrogen and oxygen atoms in total. The zero-order valence-electron chi connectivity index (χ0n) is 18.0. The molecule has 0 atom stereocenters. The van der Waals surface area contributed by atoms with Crippen LogP contribution in [0.25, 0.3) is 22.4 Å². The average molecular weight is 416 g/mol. The minimum atomic E-state index is -0.242. The van der Waals surface area contributed by atoms with Gasteiger partial charge in [-0.15, -0.1) is 0 Å². The minimum absolute atomic E-state index is 0.172. The second kappa shape index (κ2) is 8.55. The van der Waals surface area contributed by atoms with Gasteiger partial charge in [-0.1, -0.05) is 47.1 Å². The number of aryl methyl sites for hydroxylation is 4. The summed E-state index contributed by atoms with van der Waals surface area (Å²) in [6, 6.07) is 14.0. The number of amides is 1. The highest BCUT2D eigenvalue weighted by atomic mass is 16.5. The van der Waals surface area contributed by atoms with Crippen LogP contribution in [0, 0.1) is 27.7 Å². The summed E-state index contributed by atoms with van der Waals surface area (Å²) < 4.78 is 11.2. The van der Waals surface area contributed by atoms with Crippen molar-refractivity contribution in [1.82, 2.24) is 20.4 Å². The lowest BCUT2D eigenvalue weighted by atomic mass is 10.0. The number of carbonyl (C=O) groups is 1. The Morgan fingerprint density at radius 2 is 1.77 bits per heavy atom. The monoisotopic (exact) mass is 416 g/mol. The summed E-state index contributed by atoms with van der Waals surface area (Å²) in [6.07, 6.45) is 0. The molecule has 0 saturated heterocycles. The first-order valence-corrected chi connectivity index (χ1v) is 10.1. The SMILES string of the molecule is Cc1ccc(CNC(=O)COc2nc(C)nc3onc(-c4ccc(C)c(C)c4)c23)cc1. The number of fused-ring (bicyclic) bond motifs is 1. The van der Waals surface area contributed by atoms with Crippen molar-refractivity contribution in [1.29, 1.82) is 0 Å². The molecule has 2 heterocycles. The third kappa shape index (κ3) is 4.55. The lowest BCUT2D eigenvalue weighted by molar-refractivity contribution is -0.123. The molecule has 7 heteroatoms. The van der Waals surface area contributed by atoms with Crippen LogP contribution < -0.4 is 10.1 Å². The van der Waals surface area contributed by atoms with Crippen LogP contribution in [-0.2, 0) is 11.3 Å². The number of carbonyl (C=O) groups excluding carboxylic acids is 1. The van der Waals surface area contributed by atoms with Crippen LogP contribution in [-0.4, -0.2) is 27.6 Å². The fourth-order valence-electron chi connectivity index (χ4n) is 3.21. The van der Waals surface area contributed by atoms with Crippen molar-refractivity contribution >= 4 is 17.0 Å². The van der Waals surface area contributed by atoms with Crippen LogP contribution in [0.5, 0.6) is 5.88 Å². The van der Waals surface area contributed by atoms with E-state index in [0.717, 1.165) is 16.7 Å². The molecule has 4 rings (SSSR count). The van der Waals surface area contributed by atoms with Crippen LogP contribution in [0.3, 0.4) is 0 Å². The number of nitrogens with zero attached hydrogens (tertiary/aromatic N) is 3. The van der Waals surface area contributed by atoms with E-state index < -0.39 is 0 Å². The fourth-order valence-corrected chi connectivity index (χ4v) is 3.21. The van der Waals surface area contributed by atoms with Crippen molar-refractivity contribution in [3.8, 4) is 17.1 Å². The number of benzene rings is 2. The van der Waals surface area contributed by atoms with Crippen LogP contribution in [0.1, 0.15) is 28.1 Å². The molecule has 0 spiro atoms. The minimum Gasteiger partial charge on any atom is -0.467 e. The topological polar surface area (TPSA) is 90.1 Å². The summed E-state index contributed by atoms with van der Waals surface area (Å²) in [5.74, 6) is 0.516. The molecule has 0 aliphatic rings. The molecule has 0 saturated carbocycles. The number of hydrogen-bond acceptors (Lipinski definition) is 6. The number of aromatic nitrogens is 3. The van der Waals surface area contributed by atoms with E-state index in [1.165, 1.54) is 11.1 Å². The lowest BCUT2D eigenvalue weighted by Gasteiger charge is -2.09. The van der Waals surface area contributed by atoms with E-state index in [9.17, 15) is 4.79 Å². The molecule has 31 heavy (non-hydrogen) atoms. The third-order valence-electron chi connectivity index (χ3n) is 5.15. The zero-order valence-corrected chi connectivity index (χ0v) is 18.0. The van der Waals surface area contributed by atoms with Crippen molar-refractivity contribution in [2.45, 2.75) is 34.2 Å². The summed E-state index contributed by atoms with van der Waals surface area (Å²) in [7, 11) is 0. The van der Waals surface area contributed by atoms with Gasteiger partial charge >= 0.3 is 0 Å². The van der Waals surface area contributed by atoms with Gasteiger partial charge in [0.05, 0.1) is 0 Å². The standard InChI is InChI=1S/C24H24N4O3/c1-14-5-8-18(9-6-14)12-25-20(29)13-30-23-21-22(19-10-7-15(2)16(3)11-19)28-31-24(21)27-17(4)26-23/h5-11H,12-13H2,1-4H3,(H,25,29). The van der Waals surface area contributed by atoms with Crippen molar-refractivity contribution in [3.05, 3.63) is 70.5 Å². The Labute approximate surface area is 180 Å². The van der Waals surface area contributed by atoms with E-state index in [4.69, 9.17) is 9.26 Å². The van der Waals surface area contributed by atoms with Crippen molar-refractivity contribution in [2.75, 3.05) is 6.61 Å². The molecule has 2 aromatic carbocycles. The van der Waals surface area contributed by atoms with Crippen molar-refractivity contribution < 1.29 is 14.1 Å². The Bertz CT molecular complexity index is 1250. The molecule has 0 radical (unpaired) electrons. The number of hydrogen-bond donors (Lipinski definition) is 1. The van der Waals surface area contributed by atoms with Gasteiger partial charge in [0.1, 0.15) is 16.9 Å².